The summed E-state index contributed by atoms with van der Waals surface area (Å²) in [5.74, 6) is -6.29. The lowest BCUT2D eigenvalue weighted by atomic mass is 10.00. The van der Waals surface area contributed by atoms with Crippen molar-refractivity contribution in [1.29, 1.82) is 0 Å². The molecule has 0 aliphatic rings. The maximum Gasteiger partial charge on any atom is 0.310 e. The Balaban J connectivity index is 3.42. The van der Waals surface area contributed by atoms with Crippen LogP contribution in [0.3, 0.4) is 0 Å². The number of carbonyl (C=O) groups is 1. The van der Waals surface area contributed by atoms with E-state index < -0.39 is 39.4 Å². The van der Waals surface area contributed by atoms with Crippen molar-refractivity contribution < 1.29 is 23.1 Å². The normalized spacial score (nSPS) is 12.6. The third-order valence-electron chi connectivity index (χ3n) is 1.95. The molecule has 0 fully saturated rings. The Morgan fingerprint density at radius 1 is 1.40 bits per heavy atom. The fourth-order valence-corrected chi connectivity index (χ4v) is 1.43. The number of hydrogen-bond donors (Lipinski definition) is 1. The SMILES string of the molecule is CC(C(=O)O)c1c(F)cc(F)c(Br)c1F. The highest BCUT2D eigenvalue weighted by Crippen LogP contribution is 2.30. The molecule has 1 atom stereocenters. The van der Waals surface area contributed by atoms with E-state index in [4.69, 9.17) is 5.11 Å². The second-order valence-corrected chi connectivity index (χ2v) is 3.73. The van der Waals surface area contributed by atoms with E-state index in [2.05, 4.69) is 15.9 Å². The van der Waals surface area contributed by atoms with Crippen molar-refractivity contribution in [2.45, 2.75) is 12.8 Å². The summed E-state index contributed by atoms with van der Waals surface area (Å²) in [6, 6.07) is 0.446. The van der Waals surface area contributed by atoms with Crippen LogP contribution in [0.25, 0.3) is 0 Å². The lowest BCUT2D eigenvalue weighted by Crippen LogP contribution is -2.12. The highest BCUT2D eigenvalue weighted by molar-refractivity contribution is 9.10. The van der Waals surface area contributed by atoms with Crippen molar-refractivity contribution in [2.24, 2.45) is 0 Å². The van der Waals surface area contributed by atoms with Crippen LogP contribution in [0.1, 0.15) is 18.4 Å². The van der Waals surface area contributed by atoms with Crippen LogP contribution < -0.4 is 0 Å². The molecule has 1 aromatic rings. The molecule has 0 saturated carbocycles. The minimum absolute atomic E-state index is 0.446. The summed E-state index contributed by atoms with van der Waals surface area (Å²) in [7, 11) is 0. The molecular weight excluding hydrogens is 277 g/mol. The Morgan fingerprint density at radius 2 is 1.93 bits per heavy atom. The molecule has 82 valence electrons. The number of rotatable bonds is 2. The fourth-order valence-electron chi connectivity index (χ4n) is 1.10. The first kappa shape index (κ1) is 12.0. The van der Waals surface area contributed by atoms with Gasteiger partial charge in [0.1, 0.15) is 17.5 Å². The van der Waals surface area contributed by atoms with Gasteiger partial charge in [0.15, 0.2) is 0 Å². The lowest BCUT2D eigenvalue weighted by molar-refractivity contribution is -0.138. The predicted molar refractivity (Wildman–Crippen MR) is 50.1 cm³/mol. The average molecular weight is 283 g/mol. The van der Waals surface area contributed by atoms with Gasteiger partial charge >= 0.3 is 5.97 Å². The summed E-state index contributed by atoms with van der Waals surface area (Å²) in [5, 5.41) is 8.60. The minimum atomic E-state index is -1.38. The molecule has 2 nitrogen and oxygen atoms in total. The van der Waals surface area contributed by atoms with Crippen LogP contribution >= 0.6 is 15.9 Å². The Morgan fingerprint density at radius 3 is 2.40 bits per heavy atom. The maximum atomic E-state index is 13.3. The van der Waals surface area contributed by atoms with Gasteiger partial charge in [-0.1, -0.05) is 0 Å². The number of aliphatic carboxylic acids is 1. The molecule has 1 rings (SSSR count). The van der Waals surface area contributed by atoms with Gasteiger partial charge in [0.25, 0.3) is 0 Å². The van der Waals surface area contributed by atoms with E-state index in [0.29, 0.717) is 6.07 Å². The number of carboxylic acid groups (broad SMARTS) is 1. The Kier molecular flexibility index (Phi) is 3.38. The topological polar surface area (TPSA) is 37.3 Å². The van der Waals surface area contributed by atoms with E-state index in [0.717, 1.165) is 6.92 Å². The molecule has 15 heavy (non-hydrogen) atoms. The highest BCUT2D eigenvalue weighted by Gasteiger charge is 2.25. The molecule has 0 spiro atoms. The zero-order chi connectivity index (χ0) is 11.7. The van der Waals surface area contributed by atoms with Crippen molar-refractivity contribution in [1.82, 2.24) is 0 Å². The smallest absolute Gasteiger partial charge is 0.310 e. The van der Waals surface area contributed by atoms with Crippen molar-refractivity contribution in [3.05, 3.63) is 33.6 Å². The first-order chi connectivity index (χ1) is 6.86. The van der Waals surface area contributed by atoms with Crippen LogP contribution in [-0.4, -0.2) is 11.1 Å². The van der Waals surface area contributed by atoms with Crippen LogP contribution in [-0.2, 0) is 4.79 Å². The molecule has 1 unspecified atom stereocenters. The van der Waals surface area contributed by atoms with Gasteiger partial charge in [-0.25, -0.2) is 13.2 Å². The van der Waals surface area contributed by atoms with Crippen molar-refractivity contribution in [3.63, 3.8) is 0 Å². The van der Waals surface area contributed by atoms with Gasteiger partial charge in [-0.2, -0.15) is 0 Å². The fraction of sp³-hybridized carbons (Fsp3) is 0.222. The number of carboxylic acids is 1. The van der Waals surface area contributed by atoms with Crippen LogP contribution in [0, 0.1) is 17.5 Å². The highest BCUT2D eigenvalue weighted by atomic mass is 79.9. The van der Waals surface area contributed by atoms with Gasteiger partial charge in [-0.3, -0.25) is 4.79 Å². The maximum absolute atomic E-state index is 13.3. The molecule has 0 amide bonds. The third-order valence-corrected chi connectivity index (χ3v) is 2.68. The molecular formula is C9H6BrF3O2. The molecule has 0 heterocycles. The van der Waals surface area contributed by atoms with Crippen molar-refractivity contribution >= 4 is 21.9 Å². The summed E-state index contributed by atoms with van der Waals surface area (Å²) in [6.07, 6.45) is 0. The summed E-state index contributed by atoms with van der Waals surface area (Å²) < 4.78 is 38.7. The van der Waals surface area contributed by atoms with Gasteiger partial charge < -0.3 is 5.11 Å². The van der Waals surface area contributed by atoms with Gasteiger partial charge in [0.2, 0.25) is 0 Å². The summed E-state index contributed by atoms with van der Waals surface area (Å²) in [6.45, 7) is 1.12. The van der Waals surface area contributed by atoms with Crippen LogP contribution in [0.15, 0.2) is 10.5 Å². The van der Waals surface area contributed by atoms with Crippen LogP contribution in [0.2, 0.25) is 0 Å². The molecule has 0 aromatic heterocycles. The molecule has 1 N–H and O–H groups in total. The first-order valence-corrected chi connectivity index (χ1v) is 4.71. The largest absolute Gasteiger partial charge is 0.481 e. The van der Waals surface area contributed by atoms with Crippen molar-refractivity contribution in [3.8, 4) is 0 Å². The number of benzene rings is 1. The van der Waals surface area contributed by atoms with E-state index in [1.807, 2.05) is 0 Å². The summed E-state index contributed by atoms with van der Waals surface area (Å²) >= 11 is 2.57. The summed E-state index contributed by atoms with van der Waals surface area (Å²) in [4.78, 5) is 10.6. The van der Waals surface area contributed by atoms with Crippen LogP contribution in [0.4, 0.5) is 13.2 Å². The zero-order valence-electron chi connectivity index (χ0n) is 7.52. The Hall–Kier alpha value is -1.04. The van der Waals surface area contributed by atoms with Gasteiger partial charge in [-0.05, 0) is 22.9 Å². The predicted octanol–water partition coefficient (Wildman–Crippen LogP) is 3.05. The van der Waals surface area contributed by atoms with Crippen LogP contribution in [0.5, 0.6) is 0 Å². The van der Waals surface area contributed by atoms with E-state index in [-0.39, 0.29) is 0 Å². The van der Waals surface area contributed by atoms with Gasteiger partial charge in [0, 0.05) is 11.6 Å². The molecule has 0 aliphatic heterocycles. The number of hydrogen-bond acceptors (Lipinski definition) is 1. The Bertz CT molecular complexity index is 420. The standard InChI is InChI=1S/C9H6BrF3O2/c1-3(9(14)15)6-4(11)2-5(12)7(10)8(6)13/h2-3H,1H3,(H,14,15). The summed E-state index contributed by atoms with van der Waals surface area (Å²) in [5.41, 5.74) is -0.657. The van der Waals surface area contributed by atoms with Gasteiger partial charge in [0.05, 0.1) is 10.4 Å². The van der Waals surface area contributed by atoms with E-state index in [1.165, 1.54) is 0 Å². The monoisotopic (exact) mass is 282 g/mol. The molecule has 6 heteroatoms. The molecule has 0 radical (unpaired) electrons. The Labute approximate surface area is 91.8 Å². The first-order valence-electron chi connectivity index (χ1n) is 3.92. The van der Waals surface area contributed by atoms with E-state index in [9.17, 15) is 18.0 Å². The zero-order valence-corrected chi connectivity index (χ0v) is 9.11. The number of halogens is 4. The molecule has 0 aliphatic carbocycles. The quantitative estimate of drug-likeness (QED) is 0.669. The molecule has 0 bridgehead atoms. The van der Waals surface area contributed by atoms with E-state index >= 15 is 0 Å². The third kappa shape index (κ3) is 2.14. The van der Waals surface area contributed by atoms with Crippen molar-refractivity contribution in [2.75, 3.05) is 0 Å². The molecule has 1 aromatic carbocycles. The molecule has 0 saturated heterocycles. The minimum Gasteiger partial charge on any atom is -0.481 e. The second kappa shape index (κ2) is 4.22. The van der Waals surface area contributed by atoms with E-state index in [1.54, 1.807) is 0 Å². The van der Waals surface area contributed by atoms with Gasteiger partial charge in [-0.15, -0.1) is 0 Å². The second-order valence-electron chi connectivity index (χ2n) is 2.94. The lowest BCUT2D eigenvalue weighted by Gasteiger charge is -2.10. The average Bonchev–Trinajstić information content (AvgIpc) is 2.14.